The molecular formula is C21H26ClN3O3. The average Bonchev–Trinajstić information content (AvgIpc) is 2.64. The molecule has 0 saturated carbocycles. The van der Waals surface area contributed by atoms with Gasteiger partial charge in [-0.3, -0.25) is 4.79 Å². The fourth-order valence-corrected chi connectivity index (χ4v) is 3.57. The van der Waals surface area contributed by atoms with Crippen molar-refractivity contribution in [2.75, 3.05) is 19.6 Å². The summed E-state index contributed by atoms with van der Waals surface area (Å²) in [5.74, 6) is 0.299. The number of likely N-dealkylation sites (tertiary alicyclic amines) is 1. The summed E-state index contributed by atoms with van der Waals surface area (Å²) in [6.45, 7) is 7.37. The first kappa shape index (κ1) is 20.4. The number of rotatable bonds is 3. The zero-order valence-corrected chi connectivity index (χ0v) is 17.3. The van der Waals surface area contributed by atoms with E-state index in [1.807, 2.05) is 49.9 Å². The number of para-hydroxylation sites is 1. The minimum Gasteiger partial charge on any atom is -0.444 e. The Bertz CT molecular complexity index is 871. The Labute approximate surface area is 170 Å². The van der Waals surface area contributed by atoms with Crippen LogP contribution in [0.2, 0.25) is 5.15 Å². The molecule has 150 valence electrons. The number of hydrogen-bond donors (Lipinski definition) is 1. The van der Waals surface area contributed by atoms with Crippen LogP contribution in [0, 0.1) is 5.92 Å². The molecule has 7 heteroatoms. The lowest BCUT2D eigenvalue weighted by Crippen LogP contribution is -2.42. The maximum Gasteiger partial charge on any atom is 0.407 e. The first-order valence-corrected chi connectivity index (χ1v) is 9.92. The third-order valence-electron chi connectivity index (χ3n) is 4.75. The monoisotopic (exact) mass is 403 g/mol. The highest BCUT2D eigenvalue weighted by molar-refractivity contribution is 6.30. The lowest BCUT2D eigenvalue weighted by Gasteiger charge is -2.32. The van der Waals surface area contributed by atoms with Crippen molar-refractivity contribution in [1.82, 2.24) is 15.2 Å². The van der Waals surface area contributed by atoms with Crippen molar-refractivity contribution < 1.29 is 14.3 Å². The van der Waals surface area contributed by atoms with Gasteiger partial charge in [0.25, 0.3) is 5.91 Å². The van der Waals surface area contributed by atoms with E-state index in [1.54, 1.807) is 6.07 Å². The smallest absolute Gasteiger partial charge is 0.407 e. The minimum absolute atomic E-state index is 0.0287. The summed E-state index contributed by atoms with van der Waals surface area (Å²) in [6, 6.07) is 9.16. The van der Waals surface area contributed by atoms with Gasteiger partial charge in [-0.25, -0.2) is 9.78 Å². The van der Waals surface area contributed by atoms with E-state index >= 15 is 0 Å². The van der Waals surface area contributed by atoms with Gasteiger partial charge in [0.15, 0.2) is 0 Å². The van der Waals surface area contributed by atoms with E-state index in [0.29, 0.717) is 36.3 Å². The van der Waals surface area contributed by atoms with Crippen LogP contribution >= 0.6 is 11.6 Å². The predicted molar refractivity (Wildman–Crippen MR) is 110 cm³/mol. The highest BCUT2D eigenvalue weighted by atomic mass is 35.5. The van der Waals surface area contributed by atoms with Gasteiger partial charge in [0.1, 0.15) is 10.8 Å². The van der Waals surface area contributed by atoms with Gasteiger partial charge in [0.05, 0.1) is 11.1 Å². The number of alkyl carbamates (subject to hydrolysis) is 1. The molecule has 1 aliphatic rings. The normalized spacial score (nSPS) is 15.5. The van der Waals surface area contributed by atoms with Crippen LogP contribution in [0.15, 0.2) is 30.3 Å². The Morgan fingerprint density at radius 3 is 2.61 bits per heavy atom. The maximum atomic E-state index is 13.0. The van der Waals surface area contributed by atoms with Gasteiger partial charge >= 0.3 is 6.09 Å². The Morgan fingerprint density at radius 2 is 1.93 bits per heavy atom. The molecule has 1 saturated heterocycles. The molecular weight excluding hydrogens is 378 g/mol. The molecule has 2 aromatic rings. The lowest BCUT2D eigenvalue weighted by molar-refractivity contribution is 0.0500. The summed E-state index contributed by atoms with van der Waals surface area (Å²) in [6.07, 6.45) is 1.26. The molecule has 0 atom stereocenters. The van der Waals surface area contributed by atoms with E-state index in [1.165, 1.54) is 0 Å². The van der Waals surface area contributed by atoms with Crippen molar-refractivity contribution in [3.8, 4) is 0 Å². The summed E-state index contributed by atoms with van der Waals surface area (Å²) >= 11 is 6.11. The molecule has 0 aliphatic carbocycles. The zero-order chi connectivity index (χ0) is 20.3. The van der Waals surface area contributed by atoms with Crippen molar-refractivity contribution >= 4 is 34.5 Å². The molecule has 1 N–H and O–H groups in total. The fraction of sp³-hybridized carbons (Fsp3) is 0.476. The zero-order valence-electron chi connectivity index (χ0n) is 16.5. The number of nitrogens with one attached hydrogen (secondary N) is 1. The minimum atomic E-state index is -0.506. The van der Waals surface area contributed by atoms with Crippen LogP contribution in [0.5, 0.6) is 0 Å². The highest BCUT2D eigenvalue weighted by Gasteiger charge is 2.26. The van der Waals surface area contributed by atoms with Gasteiger partial charge in [-0.15, -0.1) is 0 Å². The first-order valence-electron chi connectivity index (χ1n) is 9.54. The molecule has 1 aliphatic heterocycles. The molecule has 6 nitrogen and oxygen atoms in total. The fourth-order valence-electron chi connectivity index (χ4n) is 3.37. The van der Waals surface area contributed by atoms with Crippen molar-refractivity contribution in [2.45, 2.75) is 39.2 Å². The number of hydrogen-bond acceptors (Lipinski definition) is 4. The Hall–Kier alpha value is -2.34. The third kappa shape index (κ3) is 5.13. The number of pyridine rings is 1. The lowest BCUT2D eigenvalue weighted by atomic mass is 9.96. The number of aromatic nitrogens is 1. The molecule has 0 radical (unpaired) electrons. The van der Waals surface area contributed by atoms with Crippen molar-refractivity contribution in [1.29, 1.82) is 0 Å². The van der Waals surface area contributed by atoms with Crippen LogP contribution in [-0.4, -0.2) is 47.1 Å². The number of carbonyl (C=O) groups excluding carboxylic acids is 2. The molecule has 2 heterocycles. The van der Waals surface area contributed by atoms with E-state index < -0.39 is 11.7 Å². The van der Waals surface area contributed by atoms with E-state index in [-0.39, 0.29) is 5.91 Å². The molecule has 28 heavy (non-hydrogen) atoms. The maximum absolute atomic E-state index is 13.0. The second-order valence-electron chi connectivity index (χ2n) is 8.13. The average molecular weight is 404 g/mol. The van der Waals surface area contributed by atoms with Crippen LogP contribution in [0.3, 0.4) is 0 Å². The van der Waals surface area contributed by atoms with Crippen LogP contribution in [0.4, 0.5) is 4.79 Å². The predicted octanol–water partition coefficient (Wildman–Crippen LogP) is 4.27. The van der Waals surface area contributed by atoms with Gasteiger partial charge in [-0.2, -0.15) is 0 Å². The standard InChI is InChI=1S/C21H26ClN3O3/c1-21(2,3)28-20(27)23-13-14-8-10-25(11-9-14)19(26)16-12-18(22)24-17-7-5-4-6-15(16)17/h4-7,12,14H,8-11,13H2,1-3H3,(H,23,27). The van der Waals surface area contributed by atoms with E-state index in [9.17, 15) is 9.59 Å². The van der Waals surface area contributed by atoms with Gasteiger partial charge in [0.2, 0.25) is 0 Å². The Balaban J connectivity index is 1.58. The second kappa shape index (κ2) is 8.35. The van der Waals surface area contributed by atoms with Gasteiger partial charge in [0, 0.05) is 25.0 Å². The third-order valence-corrected chi connectivity index (χ3v) is 4.94. The number of piperidine rings is 1. The van der Waals surface area contributed by atoms with Crippen LogP contribution in [0.1, 0.15) is 44.0 Å². The molecule has 0 spiro atoms. The molecule has 1 aromatic carbocycles. The number of nitrogens with zero attached hydrogens (tertiary/aromatic N) is 2. The molecule has 1 fully saturated rings. The van der Waals surface area contributed by atoms with Gasteiger partial charge in [-0.1, -0.05) is 29.8 Å². The topological polar surface area (TPSA) is 71.5 Å². The van der Waals surface area contributed by atoms with Crippen LogP contribution in [0.25, 0.3) is 10.9 Å². The van der Waals surface area contributed by atoms with Crippen LogP contribution < -0.4 is 5.32 Å². The number of benzene rings is 1. The number of fused-ring (bicyclic) bond motifs is 1. The number of ether oxygens (including phenoxy) is 1. The summed E-state index contributed by atoms with van der Waals surface area (Å²) in [5, 5.41) is 3.95. The van der Waals surface area contributed by atoms with Crippen molar-refractivity contribution in [3.05, 3.63) is 41.0 Å². The van der Waals surface area contributed by atoms with Crippen molar-refractivity contribution in [2.24, 2.45) is 5.92 Å². The van der Waals surface area contributed by atoms with Gasteiger partial charge < -0.3 is 15.0 Å². The second-order valence-corrected chi connectivity index (χ2v) is 8.52. The van der Waals surface area contributed by atoms with E-state index in [0.717, 1.165) is 23.7 Å². The van der Waals surface area contributed by atoms with E-state index in [2.05, 4.69) is 10.3 Å². The molecule has 0 unspecified atom stereocenters. The Kier molecular flexibility index (Phi) is 6.08. The molecule has 1 aromatic heterocycles. The SMILES string of the molecule is CC(C)(C)OC(=O)NCC1CCN(C(=O)c2cc(Cl)nc3ccccc23)CC1. The van der Waals surface area contributed by atoms with Crippen molar-refractivity contribution in [3.63, 3.8) is 0 Å². The quantitative estimate of drug-likeness (QED) is 0.777. The largest absolute Gasteiger partial charge is 0.444 e. The van der Waals surface area contributed by atoms with E-state index in [4.69, 9.17) is 16.3 Å². The summed E-state index contributed by atoms with van der Waals surface area (Å²) in [7, 11) is 0. The number of carbonyl (C=O) groups is 2. The molecule has 2 amide bonds. The number of halogens is 1. The summed E-state index contributed by atoms with van der Waals surface area (Å²) in [5.41, 5.74) is 0.796. The Morgan fingerprint density at radius 1 is 1.25 bits per heavy atom. The number of amides is 2. The molecule has 3 rings (SSSR count). The molecule has 0 bridgehead atoms. The summed E-state index contributed by atoms with van der Waals surface area (Å²) < 4.78 is 5.27. The van der Waals surface area contributed by atoms with Crippen LogP contribution in [-0.2, 0) is 4.74 Å². The van der Waals surface area contributed by atoms with Gasteiger partial charge in [-0.05, 0) is 51.7 Å². The summed E-state index contributed by atoms with van der Waals surface area (Å²) in [4.78, 5) is 31.0. The first-order chi connectivity index (χ1) is 13.2. The highest BCUT2D eigenvalue weighted by Crippen LogP contribution is 2.25.